The maximum Gasteiger partial charge on any atom is 0.248 e. The van der Waals surface area contributed by atoms with Crippen molar-refractivity contribution in [3.05, 3.63) is 35.4 Å². The number of hydrogen-bond acceptors (Lipinski definition) is 3. The minimum Gasteiger partial charge on any atom is -0.366 e. The lowest BCUT2D eigenvalue weighted by Gasteiger charge is -2.25. The Balaban J connectivity index is 2.72. The van der Waals surface area contributed by atoms with E-state index in [4.69, 9.17) is 11.5 Å². The average molecular weight is 277 g/mol. The molecule has 0 aliphatic heterocycles. The fraction of sp³-hybridized carbons (Fsp3) is 0.467. The van der Waals surface area contributed by atoms with Gasteiger partial charge in [-0.3, -0.25) is 9.59 Å². The van der Waals surface area contributed by atoms with Crippen LogP contribution < -0.4 is 11.5 Å². The van der Waals surface area contributed by atoms with Crippen LogP contribution in [0.2, 0.25) is 0 Å². The van der Waals surface area contributed by atoms with Crippen molar-refractivity contribution in [1.29, 1.82) is 0 Å². The summed E-state index contributed by atoms with van der Waals surface area (Å²) in [4.78, 5) is 24.9. The highest BCUT2D eigenvalue weighted by molar-refractivity contribution is 5.92. The van der Waals surface area contributed by atoms with E-state index in [1.807, 2.05) is 13.8 Å². The lowest BCUT2D eigenvalue weighted by molar-refractivity contribution is -0.135. The second-order valence-corrected chi connectivity index (χ2v) is 5.34. The van der Waals surface area contributed by atoms with Crippen molar-refractivity contribution in [3.63, 3.8) is 0 Å². The third-order valence-corrected chi connectivity index (χ3v) is 3.41. The molecule has 0 saturated heterocycles. The first-order valence-electron chi connectivity index (χ1n) is 6.70. The number of carbonyl (C=O) groups excluding carboxylic acids is 2. The van der Waals surface area contributed by atoms with E-state index < -0.39 is 5.91 Å². The van der Waals surface area contributed by atoms with E-state index in [0.717, 1.165) is 5.56 Å². The first-order chi connectivity index (χ1) is 9.36. The van der Waals surface area contributed by atoms with Gasteiger partial charge in [-0.15, -0.1) is 0 Å². The SMILES string of the molecule is CC(C)C(CN)C(=O)N(C)Cc1ccc(C(N)=O)cc1. The van der Waals surface area contributed by atoms with Crippen LogP contribution in [0.4, 0.5) is 0 Å². The predicted molar refractivity (Wildman–Crippen MR) is 78.8 cm³/mol. The van der Waals surface area contributed by atoms with Crippen molar-refractivity contribution in [2.45, 2.75) is 20.4 Å². The van der Waals surface area contributed by atoms with E-state index in [-0.39, 0.29) is 17.7 Å². The molecule has 0 aliphatic rings. The van der Waals surface area contributed by atoms with Gasteiger partial charge in [-0.05, 0) is 23.6 Å². The summed E-state index contributed by atoms with van der Waals surface area (Å²) in [6.45, 7) is 4.82. The highest BCUT2D eigenvalue weighted by atomic mass is 16.2. The summed E-state index contributed by atoms with van der Waals surface area (Å²) in [6, 6.07) is 6.94. The standard InChI is InChI=1S/C15H23N3O2/c1-10(2)13(8-16)15(20)18(3)9-11-4-6-12(7-5-11)14(17)19/h4-7,10,13H,8-9,16H2,1-3H3,(H2,17,19). The molecule has 1 aromatic rings. The Hall–Kier alpha value is -1.88. The molecule has 1 atom stereocenters. The van der Waals surface area contributed by atoms with E-state index >= 15 is 0 Å². The molecular weight excluding hydrogens is 254 g/mol. The van der Waals surface area contributed by atoms with Gasteiger partial charge in [0.1, 0.15) is 0 Å². The van der Waals surface area contributed by atoms with Crippen LogP contribution in [0.25, 0.3) is 0 Å². The van der Waals surface area contributed by atoms with Crippen LogP contribution in [0.5, 0.6) is 0 Å². The minimum atomic E-state index is -0.455. The van der Waals surface area contributed by atoms with Gasteiger partial charge in [0.25, 0.3) is 0 Å². The van der Waals surface area contributed by atoms with Crippen LogP contribution in [0.1, 0.15) is 29.8 Å². The molecule has 0 aromatic heterocycles. The Morgan fingerprint density at radius 3 is 2.15 bits per heavy atom. The van der Waals surface area contributed by atoms with Crippen LogP contribution in [0.3, 0.4) is 0 Å². The van der Waals surface area contributed by atoms with E-state index in [1.165, 1.54) is 0 Å². The topological polar surface area (TPSA) is 89.4 Å². The number of primary amides is 1. The number of nitrogens with two attached hydrogens (primary N) is 2. The first kappa shape index (κ1) is 16.2. The smallest absolute Gasteiger partial charge is 0.248 e. The van der Waals surface area contributed by atoms with Gasteiger partial charge in [-0.2, -0.15) is 0 Å². The third kappa shape index (κ3) is 4.06. The quantitative estimate of drug-likeness (QED) is 0.812. The monoisotopic (exact) mass is 277 g/mol. The number of benzene rings is 1. The van der Waals surface area contributed by atoms with E-state index in [9.17, 15) is 9.59 Å². The molecule has 20 heavy (non-hydrogen) atoms. The fourth-order valence-electron chi connectivity index (χ4n) is 2.07. The van der Waals surface area contributed by atoms with Crippen molar-refractivity contribution in [2.24, 2.45) is 23.3 Å². The zero-order valence-corrected chi connectivity index (χ0v) is 12.3. The van der Waals surface area contributed by atoms with Crippen molar-refractivity contribution in [3.8, 4) is 0 Å². The average Bonchev–Trinajstić information content (AvgIpc) is 2.39. The van der Waals surface area contributed by atoms with E-state index in [2.05, 4.69) is 0 Å². The zero-order chi connectivity index (χ0) is 15.3. The lowest BCUT2D eigenvalue weighted by atomic mass is 9.94. The molecule has 1 rings (SSSR count). The Morgan fingerprint density at radius 2 is 1.75 bits per heavy atom. The Bertz CT molecular complexity index is 469. The minimum absolute atomic E-state index is 0.0430. The van der Waals surface area contributed by atoms with Gasteiger partial charge < -0.3 is 16.4 Å². The molecule has 0 spiro atoms. The van der Waals surface area contributed by atoms with Crippen LogP contribution in [-0.2, 0) is 11.3 Å². The number of hydrogen-bond donors (Lipinski definition) is 2. The first-order valence-corrected chi connectivity index (χ1v) is 6.70. The zero-order valence-electron chi connectivity index (χ0n) is 12.3. The second-order valence-electron chi connectivity index (χ2n) is 5.34. The summed E-state index contributed by atoms with van der Waals surface area (Å²) in [7, 11) is 1.76. The summed E-state index contributed by atoms with van der Waals surface area (Å²) < 4.78 is 0. The van der Waals surface area contributed by atoms with Crippen molar-refractivity contribution in [2.75, 3.05) is 13.6 Å². The molecule has 5 nitrogen and oxygen atoms in total. The van der Waals surface area contributed by atoms with E-state index in [1.54, 1.807) is 36.2 Å². The summed E-state index contributed by atoms with van der Waals surface area (Å²) in [6.07, 6.45) is 0. The molecule has 4 N–H and O–H groups in total. The predicted octanol–water partition coefficient (Wildman–Crippen LogP) is 0.975. The molecule has 0 fully saturated rings. The van der Waals surface area contributed by atoms with Crippen LogP contribution in [-0.4, -0.2) is 30.3 Å². The molecule has 2 amide bonds. The largest absolute Gasteiger partial charge is 0.366 e. The van der Waals surface area contributed by atoms with Crippen LogP contribution >= 0.6 is 0 Å². The highest BCUT2D eigenvalue weighted by Gasteiger charge is 2.23. The molecule has 5 heteroatoms. The number of rotatable bonds is 6. The molecular formula is C15H23N3O2. The van der Waals surface area contributed by atoms with Crippen LogP contribution in [0, 0.1) is 11.8 Å². The Labute approximate surface area is 119 Å². The van der Waals surface area contributed by atoms with Gasteiger partial charge in [-0.1, -0.05) is 26.0 Å². The molecule has 0 radical (unpaired) electrons. The van der Waals surface area contributed by atoms with Gasteiger partial charge in [0.15, 0.2) is 0 Å². The van der Waals surface area contributed by atoms with E-state index in [0.29, 0.717) is 18.7 Å². The van der Waals surface area contributed by atoms with Crippen molar-refractivity contribution in [1.82, 2.24) is 4.90 Å². The molecule has 0 heterocycles. The molecule has 0 aliphatic carbocycles. The molecule has 110 valence electrons. The summed E-state index contributed by atoms with van der Waals surface area (Å²) in [5.41, 5.74) is 12.3. The molecule has 0 saturated carbocycles. The summed E-state index contributed by atoms with van der Waals surface area (Å²) in [5, 5.41) is 0. The summed E-state index contributed by atoms with van der Waals surface area (Å²) >= 11 is 0. The number of nitrogens with zero attached hydrogens (tertiary/aromatic N) is 1. The van der Waals surface area contributed by atoms with Gasteiger partial charge >= 0.3 is 0 Å². The van der Waals surface area contributed by atoms with Crippen molar-refractivity contribution >= 4 is 11.8 Å². The molecule has 1 aromatic carbocycles. The van der Waals surface area contributed by atoms with Gasteiger partial charge in [0.2, 0.25) is 11.8 Å². The van der Waals surface area contributed by atoms with Gasteiger partial charge in [0, 0.05) is 25.7 Å². The Kier molecular flexibility index (Phi) is 5.70. The summed E-state index contributed by atoms with van der Waals surface area (Å²) in [5.74, 6) is -0.359. The van der Waals surface area contributed by atoms with Crippen molar-refractivity contribution < 1.29 is 9.59 Å². The van der Waals surface area contributed by atoms with Gasteiger partial charge in [-0.25, -0.2) is 0 Å². The lowest BCUT2D eigenvalue weighted by Crippen LogP contribution is -2.38. The number of amides is 2. The highest BCUT2D eigenvalue weighted by Crippen LogP contribution is 2.14. The van der Waals surface area contributed by atoms with Gasteiger partial charge in [0.05, 0.1) is 5.92 Å². The molecule has 0 bridgehead atoms. The maximum atomic E-state index is 12.3. The second kappa shape index (κ2) is 7.05. The molecule has 1 unspecified atom stereocenters. The fourth-order valence-corrected chi connectivity index (χ4v) is 2.07. The normalized spacial score (nSPS) is 12.2. The Morgan fingerprint density at radius 1 is 1.20 bits per heavy atom. The third-order valence-electron chi connectivity index (χ3n) is 3.41. The number of carbonyl (C=O) groups is 2. The van der Waals surface area contributed by atoms with Crippen LogP contribution in [0.15, 0.2) is 24.3 Å². The maximum absolute atomic E-state index is 12.3.